The fourth-order valence-electron chi connectivity index (χ4n) is 2.35. The van der Waals surface area contributed by atoms with Crippen molar-refractivity contribution in [1.82, 2.24) is 15.5 Å². The van der Waals surface area contributed by atoms with Gasteiger partial charge in [0.2, 0.25) is 11.8 Å². The number of ether oxygens (including phenoxy) is 2. The number of nitrogens with zero attached hydrogens (tertiary/aromatic N) is 2. The van der Waals surface area contributed by atoms with E-state index in [1.165, 1.54) is 19.8 Å². The second-order valence-electron chi connectivity index (χ2n) is 6.59. The molecule has 0 aliphatic heterocycles. The molecule has 1 aliphatic carbocycles. The average Bonchev–Trinajstić information content (AvgIpc) is 3.45. The van der Waals surface area contributed by atoms with E-state index in [-0.39, 0.29) is 11.9 Å². The van der Waals surface area contributed by atoms with Gasteiger partial charge in [-0.25, -0.2) is 0 Å². The molecule has 1 aliphatic rings. The number of amides is 1. The standard InChI is InChI=1S/C20H22ClN3O3/c1-13(22-14(2)25)3-6-16-7-10-20(24-23-16)27-19-9-8-17(11-18(19)21)26-12-15-4-5-15/h3,6-11,13,15H,4-5,12H2,1-2H3,(H,22,25)/b6-3+/t13-/m0/s1. The van der Waals surface area contributed by atoms with Gasteiger partial charge < -0.3 is 14.8 Å². The van der Waals surface area contributed by atoms with Gasteiger partial charge in [0.1, 0.15) is 11.5 Å². The van der Waals surface area contributed by atoms with Crippen molar-refractivity contribution in [2.45, 2.75) is 32.7 Å². The Hall–Kier alpha value is -2.60. The highest BCUT2D eigenvalue weighted by molar-refractivity contribution is 6.32. The number of hydrogen-bond acceptors (Lipinski definition) is 5. The fraction of sp³-hybridized carbons (Fsp3) is 0.350. The first kappa shape index (κ1) is 19.2. The van der Waals surface area contributed by atoms with Gasteiger partial charge in [-0.3, -0.25) is 4.79 Å². The van der Waals surface area contributed by atoms with Crippen molar-refractivity contribution >= 4 is 23.6 Å². The maximum atomic E-state index is 11.0. The van der Waals surface area contributed by atoms with Crippen molar-refractivity contribution in [1.29, 1.82) is 0 Å². The van der Waals surface area contributed by atoms with Crippen LogP contribution in [0.3, 0.4) is 0 Å². The third kappa shape index (κ3) is 6.25. The van der Waals surface area contributed by atoms with Gasteiger partial charge in [0, 0.05) is 25.1 Å². The third-order valence-corrected chi connectivity index (χ3v) is 4.24. The van der Waals surface area contributed by atoms with E-state index in [0.717, 1.165) is 12.4 Å². The quantitative estimate of drug-likeness (QED) is 0.733. The summed E-state index contributed by atoms with van der Waals surface area (Å²) in [5, 5.41) is 11.3. The summed E-state index contributed by atoms with van der Waals surface area (Å²) >= 11 is 6.27. The summed E-state index contributed by atoms with van der Waals surface area (Å²) in [6.07, 6.45) is 6.11. The highest BCUT2D eigenvalue weighted by atomic mass is 35.5. The highest BCUT2D eigenvalue weighted by Crippen LogP contribution is 2.33. The molecule has 2 aromatic rings. The highest BCUT2D eigenvalue weighted by Gasteiger charge is 2.22. The fourth-order valence-corrected chi connectivity index (χ4v) is 2.56. The Morgan fingerprint density at radius 1 is 1.33 bits per heavy atom. The number of hydrogen-bond donors (Lipinski definition) is 1. The molecule has 1 atom stereocenters. The van der Waals surface area contributed by atoms with Crippen LogP contribution in [0.4, 0.5) is 0 Å². The lowest BCUT2D eigenvalue weighted by Crippen LogP contribution is -2.28. The molecule has 1 aromatic heterocycles. The third-order valence-electron chi connectivity index (χ3n) is 3.95. The summed E-state index contributed by atoms with van der Waals surface area (Å²) in [5.74, 6) is 2.17. The molecule has 27 heavy (non-hydrogen) atoms. The van der Waals surface area contributed by atoms with Crippen LogP contribution in [-0.4, -0.2) is 28.8 Å². The van der Waals surface area contributed by atoms with E-state index < -0.39 is 0 Å². The second kappa shape index (κ2) is 8.86. The van der Waals surface area contributed by atoms with Crippen molar-refractivity contribution in [3.05, 3.63) is 47.1 Å². The first-order valence-electron chi connectivity index (χ1n) is 8.89. The van der Waals surface area contributed by atoms with E-state index in [1.807, 2.05) is 19.1 Å². The Kier molecular flexibility index (Phi) is 6.29. The van der Waals surface area contributed by atoms with Gasteiger partial charge in [-0.2, -0.15) is 0 Å². The van der Waals surface area contributed by atoms with Gasteiger partial charge in [-0.1, -0.05) is 17.7 Å². The number of carbonyl (C=O) groups is 1. The summed E-state index contributed by atoms with van der Waals surface area (Å²) in [5.41, 5.74) is 0.662. The van der Waals surface area contributed by atoms with E-state index >= 15 is 0 Å². The van der Waals surface area contributed by atoms with E-state index in [1.54, 1.807) is 30.3 Å². The van der Waals surface area contributed by atoms with Crippen LogP contribution in [0.25, 0.3) is 6.08 Å². The summed E-state index contributed by atoms with van der Waals surface area (Å²) in [7, 11) is 0. The summed E-state index contributed by atoms with van der Waals surface area (Å²) < 4.78 is 11.4. The minimum Gasteiger partial charge on any atom is -0.493 e. The predicted octanol–water partition coefficient (Wildman–Crippen LogP) is 4.25. The molecular weight excluding hydrogens is 366 g/mol. The molecular formula is C20H22ClN3O3. The number of rotatable bonds is 8. The van der Waals surface area contributed by atoms with Gasteiger partial charge in [0.05, 0.1) is 17.3 Å². The molecule has 7 heteroatoms. The topological polar surface area (TPSA) is 73.3 Å². The summed E-state index contributed by atoms with van der Waals surface area (Å²) in [6.45, 7) is 4.09. The molecule has 1 aromatic carbocycles. The molecule has 1 saturated carbocycles. The Labute approximate surface area is 163 Å². The SMILES string of the molecule is CC(=O)N[C@@H](C)/C=C/c1ccc(Oc2ccc(OCC3CC3)cc2Cl)nn1. The largest absolute Gasteiger partial charge is 0.493 e. The maximum absolute atomic E-state index is 11.0. The van der Waals surface area contributed by atoms with Crippen molar-refractivity contribution in [3.8, 4) is 17.4 Å². The molecule has 0 radical (unpaired) electrons. The van der Waals surface area contributed by atoms with Gasteiger partial charge in [0.15, 0.2) is 0 Å². The Balaban J connectivity index is 1.57. The summed E-state index contributed by atoms with van der Waals surface area (Å²) in [6, 6.07) is 8.74. The maximum Gasteiger partial charge on any atom is 0.238 e. The number of halogens is 1. The number of benzene rings is 1. The minimum absolute atomic E-state index is 0.0807. The molecule has 1 heterocycles. The van der Waals surface area contributed by atoms with Crippen molar-refractivity contribution in [2.75, 3.05) is 6.61 Å². The summed E-state index contributed by atoms with van der Waals surface area (Å²) in [4.78, 5) is 11.0. The van der Waals surface area contributed by atoms with Crippen LogP contribution >= 0.6 is 11.6 Å². The zero-order valence-electron chi connectivity index (χ0n) is 15.3. The monoisotopic (exact) mass is 387 g/mol. The smallest absolute Gasteiger partial charge is 0.238 e. The molecule has 0 unspecified atom stereocenters. The van der Waals surface area contributed by atoms with Crippen LogP contribution in [0.2, 0.25) is 5.02 Å². The lowest BCUT2D eigenvalue weighted by molar-refractivity contribution is -0.119. The van der Waals surface area contributed by atoms with Crippen LogP contribution in [0, 0.1) is 5.92 Å². The number of nitrogens with one attached hydrogen (secondary N) is 1. The van der Waals surface area contributed by atoms with E-state index in [4.69, 9.17) is 21.1 Å². The lowest BCUT2D eigenvalue weighted by atomic mass is 10.2. The first-order valence-corrected chi connectivity index (χ1v) is 9.26. The van der Waals surface area contributed by atoms with Crippen LogP contribution < -0.4 is 14.8 Å². The lowest BCUT2D eigenvalue weighted by Gasteiger charge is -2.09. The molecule has 0 saturated heterocycles. The predicted molar refractivity (Wildman–Crippen MR) is 104 cm³/mol. The van der Waals surface area contributed by atoms with Crippen molar-refractivity contribution in [3.63, 3.8) is 0 Å². The van der Waals surface area contributed by atoms with Crippen molar-refractivity contribution in [2.24, 2.45) is 5.92 Å². The molecule has 6 nitrogen and oxygen atoms in total. The van der Waals surface area contributed by atoms with E-state index in [0.29, 0.717) is 28.3 Å². The molecule has 0 bridgehead atoms. The van der Waals surface area contributed by atoms with Crippen LogP contribution in [0.15, 0.2) is 36.4 Å². The van der Waals surface area contributed by atoms with Gasteiger partial charge in [0.25, 0.3) is 0 Å². The molecule has 3 rings (SSSR count). The molecule has 142 valence electrons. The first-order chi connectivity index (χ1) is 13.0. The van der Waals surface area contributed by atoms with Crippen molar-refractivity contribution < 1.29 is 14.3 Å². The molecule has 1 fully saturated rings. The van der Waals surface area contributed by atoms with Crippen LogP contribution in [0.5, 0.6) is 17.4 Å². The van der Waals surface area contributed by atoms with Gasteiger partial charge in [-0.15, -0.1) is 10.2 Å². The molecule has 1 N–H and O–H groups in total. The number of aromatic nitrogens is 2. The van der Waals surface area contributed by atoms with Gasteiger partial charge >= 0.3 is 0 Å². The molecule has 1 amide bonds. The minimum atomic E-state index is -0.0836. The zero-order valence-corrected chi connectivity index (χ0v) is 16.1. The second-order valence-corrected chi connectivity index (χ2v) is 7.00. The Morgan fingerprint density at radius 2 is 2.15 bits per heavy atom. The zero-order chi connectivity index (χ0) is 19.2. The number of carbonyl (C=O) groups excluding carboxylic acids is 1. The van der Waals surface area contributed by atoms with E-state index in [9.17, 15) is 4.79 Å². The van der Waals surface area contributed by atoms with Gasteiger partial charge in [-0.05, 0) is 50.0 Å². The van der Waals surface area contributed by atoms with Crippen LogP contribution in [0.1, 0.15) is 32.4 Å². The van der Waals surface area contributed by atoms with Crippen LogP contribution in [-0.2, 0) is 4.79 Å². The Morgan fingerprint density at radius 3 is 2.78 bits per heavy atom. The average molecular weight is 388 g/mol. The normalized spacial score (nSPS) is 14.8. The van der Waals surface area contributed by atoms with E-state index in [2.05, 4.69) is 15.5 Å². The molecule has 0 spiro atoms. The Bertz CT molecular complexity index is 820.